The molecule has 159 valence electrons. The van der Waals surface area contributed by atoms with E-state index < -0.39 is 0 Å². The number of thiophene rings is 1. The molecule has 0 bridgehead atoms. The fraction of sp³-hybridized carbons (Fsp3) is 0.696. The second-order valence-electron chi connectivity index (χ2n) is 8.31. The summed E-state index contributed by atoms with van der Waals surface area (Å²) in [6.45, 7) is 1.54. The summed E-state index contributed by atoms with van der Waals surface area (Å²) < 4.78 is 0. The number of hydrogen-bond donors (Lipinski definition) is 1. The number of nitrogens with zero attached hydrogens (tertiary/aromatic N) is 1. The van der Waals surface area contributed by atoms with Gasteiger partial charge in [0.05, 0.1) is 5.76 Å². The van der Waals surface area contributed by atoms with Gasteiger partial charge in [-0.25, -0.2) is 12.1 Å². The molecule has 2 saturated carbocycles. The topological polar surface area (TPSA) is 51.4 Å². The molecule has 2 heterocycles. The molecule has 3 aliphatic rings. The van der Waals surface area contributed by atoms with Gasteiger partial charge in [0.2, 0.25) is 0 Å². The zero-order valence-corrected chi connectivity index (χ0v) is 20.1. The number of aliphatic hydroxyl groups is 1. The number of allylic oxidation sites excluding steroid dienone is 2. The molecule has 1 radical (unpaired) electrons. The van der Waals surface area contributed by atoms with Crippen LogP contribution in [0.5, 0.6) is 0 Å². The van der Waals surface area contributed by atoms with Crippen LogP contribution in [0, 0.1) is 17.9 Å². The maximum atomic E-state index is 11.4. The molecule has 0 amide bonds. The van der Waals surface area contributed by atoms with E-state index in [9.17, 15) is 4.79 Å². The van der Waals surface area contributed by atoms with E-state index in [0.717, 1.165) is 31.6 Å². The van der Waals surface area contributed by atoms with Crippen LogP contribution in [0.25, 0.3) is 5.32 Å². The molecule has 3 nitrogen and oxygen atoms in total. The molecule has 0 spiro atoms. The van der Waals surface area contributed by atoms with E-state index in [1.54, 1.807) is 6.92 Å². The van der Waals surface area contributed by atoms with Crippen LogP contribution in [-0.4, -0.2) is 16.9 Å². The zero-order valence-electron chi connectivity index (χ0n) is 16.9. The molecule has 1 aromatic heterocycles. The third-order valence-electron chi connectivity index (χ3n) is 6.20. The summed E-state index contributed by atoms with van der Waals surface area (Å²) in [6.07, 6.45) is 15.2. The molecule has 1 saturated heterocycles. The molecule has 0 aromatic carbocycles. The van der Waals surface area contributed by atoms with Crippen LogP contribution in [0.3, 0.4) is 0 Å². The minimum Gasteiger partial charge on any atom is -0.653 e. The van der Waals surface area contributed by atoms with E-state index in [1.165, 1.54) is 55.9 Å². The first-order valence-electron chi connectivity index (χ1n) is 10.7. The summed E-state index contributed by atoms with van der Waals surface area (Å²) in [7, 11) is 0. The average molecular weight is 580 g/mol. The molecule has 2 aliphatic carbocycles. The first-order chi connectivity index (χ1) is 13.1. The predicted octanol–water partition coefficient (Wildman–Crippen LogP) is 6.91. The van der Waals surface area contributed by atoms with E-state index in [1.807, 2.05) is 17.4 Å². The van der Waals surface area contributed by atoms with Gasteiger partial charge in [0.15, 0.2) is 5.78 Å². The Labute approximate surface area is 187 Å². The van der Waals surface area contributed by atoms with Crippen molar-refractivity contribution in [3.63, 3.8) is 0 Å². The summed E-state index contributed by atoms with van der Waals surface area (Å²) in [6, 6.07) is 6.51. The molecular formula is C23H33IrNO2S-2. The molecule has 3 atom stereocenters. The Morgan fingerprint density at radius 3 is 2.50 bits per heavy atom. The zero-order chi connectivity index (χ0) is 19.1. The van der Waals surface area contributed by atoms with Gasteiger partial charge in [0.25, 0.3) is 0 Å². The van der Waals surface area contributed by atoms with Gasteiger partial charge < -0.3 is 10.4 Å². The minimum absolute atomic E-state index is 0. The quantitative estimate of drug-likeness (QED) is 0.240. The number of carbonyl (C=O) groups is 1. The van der Waals surface area contributed by atoms with Gasteiger partial charge in [0.1, 0.15) is 0 Å². The molecule has 1 aromatic rings. The normalized spacial score (nSPS) is 28.3. The van der Waals surface area contributed by atoms with E-state index in [0.29, 0.717) is 12.1 Å². The number of fused-ring (bicyclic) bond motifs is 1. The van der Waals surface area contributed by atoms with Crippen LogP contribution in [0.2, 0.25) is 0 Å². The molecule has 3 fully saturated rings. The van der Waals surface area contributed by atoms with Gasteiger partial charge in [-0.15, -0.1) is 17.0 Å². The van der Waals surface area contributed by atoms with E-state index >= 15 is 0 Å². The van der Waals surface area contributed by atoms with Gasteiger partial charge >= 0.3 is 0 Å². The molecule has 1 N–H and O–H groups in total. The maximum absolute atomic E-state index is 11.4. The molecule has 4 rings (SSSR count). The summed E-state index contributed by atoms with van der Waals surface area (Å²) in [5.74, 6) is 1.33. The number of carbonyl (C=O) groups excluding carboxylic acids is 1. The summed E-state index contributed by atoms with van der Waals surface area (Å²) in [4.78, 5) is 12.7. The van der Waals surface area contributed by atoms with Crippen molar-refractivity contribution >= 4 is 17.1 Å². The van der Waals surface area contributed by atoms with Crippen LogP contribution >= 0.6 is 11.3 Å². The fourth-order valence-corrected chi connectivity index (χ4v) is 5.50. The maximum Gasteiger partial charge on any atom is 0.162 e. The van der Waals surface area contributed by atoms with Crippen molar-refractivity contribution in [1.82, 2.24) is 0 Å². The summed E-state index contributed by atoms with van der Waals surface area (Å²) in [5.41, 5.74) is 0. The third kappa shape index (κ3) is 7.09. The summed E-state index contributed by atoms with van der Waals surface area (Å²) >= 11 is 1.82. The van der Waals surface area contributed by atoms with Gasteiger partial charge in [-0.05, 0) is 19.8 Å². The fourth-order valence-electron chi connectivity index (χ4n) is 4.74. The van der Waals surface area contributed by atoms with Crippen molar-refractivity contribution in [2.75, 3.05) is 0 Å². The summed E-state index contributed by atoms with van der Waals surface area (Å²) in [5, 5.41) is 16.0. The molecule has 3 unspecified atom stereocenters. The third-order valence-corrected chi connectivity index (χ3v) is 7.12. The Kier molecular flexibility index (Phi) is 10.4. The smallest absolute Gasteiger partial charge is 0.162 e. The van der Waals surface area contributed by atoms with Gasteiger partial charge in [-0.1, -0.05) is 63.7 Å². The Bertz CT molecular complexity index is 606. The molecule has 1 aliphatic heterocycles. The number of ketones is 1. The van der Waals surface area contributed by atoms with Crippen molar-refractivity contribution in [1.29, 1.82) is 0 Å². The second kappa shape index (κ2) is 12.3. The Balaban J connectivity index is 0.000000199. The molecular weight excluding hydrogens is 547 g/mol. The number of hydrogen-bond acceptors (Lipinski definition) is 3. The van der Waals surface area contributed by atoms with Crippen molar-refractivity contribution < 1.29 is 30.0 Å². The van der Waals surface area contributed by atoms with E-state index in [-0.39, 0.29) is 37.6 Å². The van der Waals surface area contributed by atoms with Crippen LogP contribution in [0.1, 0.15) is 88.5 Å². The van der Waals surface area contributed by atoms with Crippen LogP contribution in [-0.2, 0) is 24.9 Å². The Morgan fingerprint density at radius 2 is 1.82 bits per heavy atom. The second-order valence-corrected chi connectivity index (χ2v) is 9.25. The minimum atomic E-state index is 0. The number of piperidine rings is 1. The van der Waals surface area contributed by atoms with Crippen molar-refractivity contribution in [3.05, 3.63) is 39.5 Å². The van der Waals surface area contributed by atoms with Crippen molar-refractivity contribution in [3.8, 4) is 0 Å². The monoisotopic (exact) mass is 580 g/mol. The SMILES string of the molecule is C/C(O)=C/C(=O)C1CCCCC1.[Ir].[c-]1ccsc1C1CCC2CCCCC2[N-]1. The van der Waals surface area contributed by atoms with Crippen molar-refractivity contribution in [2.45, 2.75) is 89.6 Å². The van der Waals surface area contributed by atoms with E-state index in [4.69, 9.17) is 10.4 Å². The largest absolute Gasteiger partial charge is 0.653 e. The van der Waals surface area contributed by atoms with Crippen LogP contribution in [0.4, 0.5) is 0 Å². The Morgan fingerprint density at radius 1 is 1.11 bits per heavy atom. The molecule has 5 heteroatoms. The standard InChI is InChI=1S/C13H17NS.C10H16O2.Ir/c1-2-5-11-10(4-1)7-8-12(14-11)13-6-3-9-15-13;1-8(11)7-10(12)9-5-3-2-4-6-9;/h3,9-12H,1-2,4-5,7-8H2;7,9,11H,2-6H2,1H3;/q-2;;/b;8-7-;. The number of rotatable bonds is 3. The number of aliphatic hydroxyl groups excluding tert-OH is 1. The van der Waals surface area contributed by atoms with Gasteiger partial charge in [0, 0.05) is 32.1 Å². The average Bonchev–Trinajstić information content (AvgIpc) is 3.23. The van der Waals surface area contributed by atoms with Crippen molar-refractivity contribution in [2.24, 2.45) is 11.8 Å². The van der Waals surface area contributed by atoms with Crippen LogP contribution < -0.4 is 0 Å². The van der Waals surface area contributed by atoms with Gasteiger partial charge in [-0.3, -0.25) is 16.1 Å². The van der Waals surface area contributed by atoms with E-state index in [2.05, 4.69) is 11.4 Å². The Hall–Kier alpha value is -0.481. The van der Waals surface area contributed by atoms with Crippen LogP contribution in [0.15, 0.2) is 23.3 Å². The van der Waals surface area contributed by atoms with Gasteiger partial charge in [-0.2, -0.15) is 5.38 Å². The molecule has 28 heavy (non-hydrogen) atoms. The first kappa shape index (κ1) is 23.8. The first-order valence-corrected chi connectivity index (χ1v) is 11.6. The predicted molar refractivity (Wildman–Crippen MR) is 112 cm³/mol.